The molecule has 0 aliphatic heterocycles. The minimum atomic E-state index is 0.429. The molecule has 1 aromatic rings. The average Bonchev–Trinajstić information content (AvgIpc) is 2.36. The second-order valence-electron chi connectivity index (χ2n) is 7.95. The summed E-state index contributed by atoms with van der Waals surface area (Å²) in [5, 5.41) is 3.75. The molecular weight excluding hydrogens is 254 g/mol. The normalized spacial score (nSPS) is 15.0. The van der Waals surface area contributed by atoms with Crippen LogP contribution in [0.15, 0.2) is 24.3 Å². The van der Waals surface area contributed by atoms with E-state index in [0.29, 0.717) is 11.5 Å². The van der Waals surface area contributed by atoms with Crippen LogP contribution in [0.3, 0.4) is 0 Å². The molecular formula is C20H35N. The second kappa shape index (κ2) is 8.58. The van der Waals surface area contributed by atoms with Crippen LogP contribution in [0.4, 0.5) is 0 Å². The molecule has 0 aromatic heterocycles. The van der Waals surface area contributed by atoms with Crippen molar-refractivity contribution < 1.29 is 0 Å². The molecule has 21 heavy (non-hydrogen) atoms. The SMILES string of the molecule is CCCNC(Cc1ccc(C)cc1)CC(C)CC(C)(C)C. The summed E-state index contributed by atoms with van der Waals surface area (Å²) in [7, 11) is 0. The van der Waals surface area contributed by atoms with Crippen LogP contribution >= 0.6 is 0 Å². The van der Waals surface area contributed by atoms with Crippen molar-refractivity contribution in [3.8, 4) is 0 Å². The molecule has 0 fully saturated rings. The summed E-state index contributed by atoms with van der Waals surface area (Å²) in [6.45, 7) is 15.0. The van der Waals surface area contributed by atoms with Gasteiger partial charge in [0.15, 0.2) is 0 Å². The molecule has 0 radical (unpaired) electrons. The number of hydrogen-bond acceptors (Lipinski definition) is 1. The summed E-state index contributed by atoms with van der Waals surface area (Å²) < 4.78 is 0. The van der Waals surface area contributed by atoms with Gasteiger partial charge in [0, 0.05) is 6.04 Å². The summed E-state index contributed by atoms with van der Waals surface area (Å²) in [5.74, 6) is 0.768. The van der Waals surface area contributed by atoms with Gasteiger partial charge in [-0.3, -0.25) is 0 Å². The topological polar surface area (TPSA) is 12.0 Å². The van der Waals surface area contributed by atoms with Crippen molar-refractivity contribution >= 4 is 0 Å². The number of nitrogens with one attached hydrogen (secondary N) is 1. The maximum absolute atomic E-state index is 3.75. The zero-order valence-electron chi connectivity index (χ0n) is 15.0. The number of aryl methyl sites for hydroxylation is 1. The maximum atomic E-state index is 3.75. The van der Waals surface area contributed by atoms with Gasteiger partial charge in [-0.15, -0.1) is 0 Å². The van der Waals surface area contributed by atoms with Crippen LogP contribution in [0.2, 0.25) is 0 Å². The third-order valence-corrected chi connectivity index (χ3v) is 3.93. The Labute approximate surface area is 132 Å². The molecule has 0 saturated carbocycles. The van der Waals surface area contributed by atoms with Gasteiger partial charge in [0.2, 0.25) is 0 Å². The smallest absolute Gasteiger partial charge is 0.0110 e. The Balaban J connectivity index is 2.60. The number of rotatable bonds is 8. The molecule has 1 rings (SSSR count). The van der Waals surface area contributed by atoms with Crippen molar-refractivity contribution in [2.75, 3.05) is 6.54 Å². The van der Waals surface area contributed by atoms with Crippen LogP contribution in [-0.2, 0) is 6.42 Å². The van der Waals surface area contributed by atoms with Gasteiger partial charge in [0.1, 0.15) is 0 Å². The first-order valence-corrected chi connectivity index (χ1v) is 8.59. The van der Waals surface area contributed by atoms with Crippen molar-refractivity contribution in [3.63, 3.8) is 0 Å². The fourth-order valence-electron chi connectivity index (χ4n) is 3.21. The zero-order valence-corrected chi connectivity index (χ0v) is 15.0. The van der Waals surface area contributed by atoms with E-state index >= 15 is 0 Å². The number of benzene rings is 1. The van der Waals surface area contributed by atoms with E-state index in [1.165, 1.54) is 30.4 Å². The van der Waals surface area contributed by atoms with E-state index in [2.05, 4.69) is 71.1 Å². The summed E-state index contributed by atoms with van der Waals surface area (Å²) in [4.78, 5) is 0. The Bertz CT molecular complexity index is 385. The summed E-state index contributed by atoms with van der Waals surface area (Å²) in [6, 6.07) is 9.62. The third-order valence-electron chi connectivity index (χ3n) is 3.93. The molecule has 1 nitrogen and oxygen atoms in total. The van der Waals surface area contributed by atoms with Crippen molar-refractivity contribution in [3.05, 3.63) is 35.4 Å². The highest BCUT2D eigenvalue weighted by Gasteiger charge is 2.19. The van der Waals surface area contributed by atoms with Gasteiger partial charge < -0.3 is 5.32 Å². The van der Waals surface area contributed by atoms with Crippen molar-refractivity contribution in [2.45, 2.75) is 73.3 Å². The maximum Gasteiger partial charge on any atom is 0.0110 e. The summed E-state index contributed by atoms with van der Waals surface area (Å²) in [6.07, 6.45) is 4.92. The van der Waals surface area contributed by atoms with E-state index < -0.39 is 0 Å². The highest BCUT2D eigenvalue weighted by atomic mass is 14.9. The van der Waals surface area contributed by atoms with Crippen LogP contribution in [0.5, 0.6) is 0 Å². The van der Waals surface area contributed by atoms with Crippen molar-refractivity contribution in [2.24, 2.45) is 11.3 Å². The Morgan fingerprint density at radius 1 is 1.10 bits per heavy atom. The second-order valence-corrected chi connectivity index (χ2v) is 7.95. The minimum absolute atomic E-state index is 0.429. The lowest BCUT2D eigenvalue weighted by molar-refractivity contribution is 0.274. The quantitative estimate of drug-likeness (QED) is 0.678. The van der Waals surface area contributed by atoms with E-state index in [1.807, 2.05) is 0 Å². The van der Waals surface area contributed by atoms with E-state index in [1.54, 1.807) is 0 Å². The van der Waals surface area contributed by atoms with Gasteiger partial charge in [0.25, 0.3) is 0 Å². The Hall–Kier alpha value is -0.820. The van der Waals surface area contributed by atoms with Crippen LogP contribution in [0.25, 0.3) is 0 Å². The molecule has 0 spiro atoms. The van der Waals surface area contributed by atoms with Gasteiger partial charge in [-0.2, -0.15) is 0 Å². The zero-order chi connectivity index (χ0) is 15.9. The first-order chi connectivity index (χ1) is 9.80. The number of hydrogen-bond donors (Lipinski definition) is 1. The predicted molar refractivity (Wildman–Crippen MR) is 94.8 cm³/mol. The minimum Gasteiger partial charge on any atom is -0.314 e. The Morgan fingerprint density at radius 3 is 2.24 bits per heavy atom. The third kappa shape index (κ3) is 8.26. The molecule has 2 atom stereocenters. The predicted octanol–water partition coefficient (Wildman–Crippen LogP) is 5.37. The molecule has 2 unspecified atom stereocenters. The molecule has 0 amide bonds. The summed E-state index contributed by atoms with van der Waals surface area (Å²) in [5.41, 5.74) is 3.23. The molecule has 120 valence electrons. The molecule has 0 aliphatic carbocycles. The van der Waals surface area contributed by atoms with E-state index in [0.717, 1.165) is 18.9 Å². The van der Waals surface area contributed by atoms with Crippen LogP contribution in [0, 0.1) is 18.3 Å². The highest BCUT2D eigenvalue weighted by molar-refractivity contribution is 5.22. The molecule has 0 aliphatic rings. The van der Waals surface area contributed by atoms with Gasteiger partial charge in [-0.1, -0.05) is 64.4 Å². The first kappa shape index (κ1) is 18.2. The summed E-state index contributed by atoms with van der Waals surface area (Å²) >= 11 is 0. The monoisotopic (exact) mass is 289 g/mol. The average molecular weight is 290 g/mol. The van der Waals surface area contributed by atoms with Gasteiger partial charge in [-0.05, 0) is 56.0 Å². The molecule has 0 saturated heterocycles. The lowest BCUT2D eigenvalue weighted by atomic mass is 9.82. The Kier molecular flexibility index (Phi) is 7.45. The van der Waals surface area contributed by atoms with Crippen molar-refractivity contribution in [1.29, 1.82) is 0 Å². The first-order valence-electron chi connectivity index (χ1n) is 8.59. The van der Waals surface area contributed by atoms with Gasteiger partial charge >= 0.3 is 0 Å². The van der Waals surface area contributed by atoms with Crippen LogP contribution in [0.1, 0.15) is 65.0 Å². The fraction of sp³-hybridized carbons (Fsp3) is 0.700. The van der Waals surface area contributed by atoms with Crippen molar-refractivity contribution in [1.82, 2.24) is 5.32 Å². The lowest BCUT2D eigenvalue weighted by Crippen LogP contribution is -2.34. The standard InChI is InChI=1S/C20H35N/c1-7-12-21-19(13-17(3)15-20(4,5)6)14-18-10-8-16(2)9-11-18/h8-11,17,19,21H,7,12-15H2,1-6H3. The molecule has 1 N–H and O–H groups in total. The molecule has 1 heteroatoms. The molecule has 1 aromatic carbocycles. The van der Waals surface area contributed by atoms with E-state index in [-0.39, 0.29) is 0 Å². The highest BCUT2D eigenvalue weighted by Crippen LogP contribution is 2.27. The molecule has 0 bridgehead atoms. The largest absolute Gasteiger partial charge is 0.314 e. The lowest BCUT2D eigenvalue weighted by Gasteiger charge is -2.27. The fourth-order valence-corrected chi connectivity index (χ4v) is 3.21. The van der Waals surface area contributed by atoms with Crippen LogP contribution < -0.4 is 5.32 Å². The van der Waals surface area contributed by atoms with Gasteiger partial charge in [0.05, 0.1) is 0 Å². The van der Waals surface area contributed by atoms with Gasteiger partial charge in [-0.25, -0.2) is 0 Å². The Morgan fingerprint density at radius 2 is 1.71 bits per heavy atom. The van der Waals surface area contributed by atoms with Crippen LogP contribution in [-0.4, -0.2) is 12.6 Å². The molecule has 0 heterocycles. The van der Waals surface area contributed by atoms with E-state index in [9.17, 15) is 0 Å². The van der Waals surface area contributed by atoms with E-state index in [4.69, 9.17) is 0 Å².